The Kier molecular flexibility index (Phi) is 5.25. The number of aliphatic hydroxyl groups excluding tert-OH is 3. The fourth-order valence-electron chi connectivity index (χ4n) is 7.19. The van der Waals surface area contributed by atoms with Gasteiger partial charge in [-0.25, -0.2) is 4.79 Å². The van der Waals surface area contributed by atoms with Gasteiger partial charge in [-0.1, -0.05) is 30.3 Å². The zero-order chi connectivity index (χ0) is 27.3. The number of carbonyl (C=O) groups excluding carboxylic acids is 1. The zero-order valence-corrected chi connectivity index (χ0v) is 20.9. The Bertz CT molecular complexity index is 1650. The van der Waals surface area contributed by atoms with E-state index < -0.39 is 53.8 Å². The lowest BCUT2D eigenvalue weighted by Gasteiger charge is -2.52. The maximum absolute atomic E-state index is 13.5. The summed E-state index contributed by atoms with van der Waals surface area (Å²) >= 11 is 0. The second-order valence-corrected chi connectivity index (χ2v) is 11.2. The fourth-order valence-corrected chi connectivity index (χ4v) is 7.19. The van der Waals surface area contributed by atoms with Crippen molar-refractivity contribution in [3.05, 3.63) is 54.2 Å². The molecule has 3 fully saturated rings. The van der Waals surface area contributed by atoms with Crippen molar-refractivity contribution in [3.63, 3.8) is 0 Å². The van der Waals surface area contributed by atoms with Crippen LogP contribution in [0.4, 0.5) is 0 Å². The van der Waals surface area contributed by atoms with Gasteiger partial charge in [-0.3, -0.25) is 0 Å². The molecule has 7 atom stereocenters. The predicted octanol–water partition coefficient (Wildman–Crippen LogP) is 1.35. The number of hydrogen-bond donors (Lipinski definition) is 7. The van der Waals surface area contributed by atoms with E-state index in [9.17, 15) is 35.4 Å². The van der Waals surface area contributed by atoms with Crippen molar-refractivity contribution < 1.29 is 44.9 Å². The highest BCUT2D eigenvalue weighted by molar-refractivity contribution is 6.14. The normalized spacial score (nSPS) is 35.9. The van der Waals surface area contributed by atoms with Crippen LogP contribution in [0.2, 0.25) is 0 Å². The van der Waals surface area contributed by atoms with E-state index in [1.807, 2.05) is 48.5 Å². The third-order valence-electron chi connectivity index (χ3n) is 9.17. The van der Waals surface area contributed by atoms with Gasteiger partial charge in [0.25, 0.3) is 0 Å². The van der Waals surface area contributed by atoms with Crippen molar-refractivity contribution in [3.8, 4) is 5.75 Å². The van der Waals surface area contributed by atoms with Crippen molar-refractivity contribution in [2.75, 3.05) is 0 Å². The van der Waals surface area contributed by atoms with Crippen molar-refractivity contribution >= 4 is 38.4 Å². The Morgan fingerprint density at radius 1 is 1.03 bits per heavy atom. The first-order valence-corrected chi connectivity index (χ1v) is 13.1. The van der Waals surface area contributed by atoms with Crippen molar-refractivity contribution in [1.82, 2.24) is 4.98 Å². The van der Waals surface area contributed by atoms with Gasteiger partial charge in [0.15, 0.2) is 11.9 Å². The second-order valence-electron chi connectivity index (χ2n) is 11.2. The molecular weight excluding hydrogens is 506 g/mol. The topological polar surface area (TPSA) is 173 Å². The summed E-state index contributed by atoms with van der Waals surface area (Å²) < 4.78 is 11.4. The van der Waals surface area contributed by atoms with Gasteiger partial charge in [0.2, 0.25) is 5.79 Å². The van der Waals surface area contributed by atoms with Crippen LogP contribution < -0.4 is 4.74 Å². The van der Waals surface area contributed by atoms with E-state index in [-0.39, 0.29) is 37.1 Å². The molecule has 0 amide bonds. The third-order valence-corrected chi connectivity index (χ3v) is 9.17. The van der Waals surface area contributed by atoms with Crippen LogP contribution in [0.15, 0.2) is 48.5 Å². The molecule has 10 heteroatoms. The van der Waals surface area contributed by atoms with Gasteiger partial charge >= 0.3 is 5.97 Å². The Morgan fingerprint density at radius 2 is 1.77 bits per heavy atom. The summed E-state index contributed by atoms with van der Waals surface area (Å²) in [4.78, 5) is 16.6. The highest BCUT2D eigenvalue weighted by Gasteiger charge is 2.78. The Labute approximate surface area is 222 Å². The van der Waals surface area contributed by atoms with Gasteiger partial charge in [-0.05, 0) is 64.9 Å². The second kappa shape index (κ2) is 8.21. The number of aromatic amines is 1. The molecule has 4 aromatic rings. The summed E-state index contributed by atoms with van der Waals surface area (Å²) in [6.45, 7) is -0.479. The lowest BCUT2D eigenvalue weighted by atomic mass is 9.64. The molecule has 204 valence electrons. The largest absolute Gasteiger partial charge is 0.422 e. The summed E-state index contributed by atoms with van der Waals surface area (Å²) in [5, 5.41) is 69.7. The summed E-state index contributed by atoms with van der Waals surface area (Å²) in [6, 6.07) is 15.5. The first-order valence-electron chi connectivity index (χ1n) is 13.1. The smallest absolute Gasteiger partial charge is 0.343 e. The number of ether oxygens (including phenoxy) is 2. The molecule has 1 saturated heterocycles. The van der Waals surface area contributed by atoms with Crippen LogP contribution in [0.3, 0.4) is 0 Å². The zero-order valence-electron chi connectivity index (χ0n) is 20.9. The molecule has 0 spiro atoms. The van der Waals surface area contributed by atoms with E-state index >= 15 is 0 Å². The molecule has 2 heterocycles. The monoisotopic (exact) mass is 535 g/mol. The van der Waals surface area contributed by atoms with E-state index in [4.69, 9.17) is 9.47 Å². The minimum absolute atomic E-state index is 0.0379. The Morgan fingerprint density at radius 3 is 2.51 bits per heavy atom. The van der Waals surface area contributed by atoms with Crippen LogP contribution in [-0.4, -0.2) is 76.9 Å². The number of benzene rings is 3. The number of hydrogen-bond acceptors (Lipinski definition) is 9. The summed E-state index contributed by atoms with van der Waals surface area (Å²) in [7, 11) is 0. The lowest BCUT2D eigenvalue weighted by Crippen LogP contribution is -2.72. The number of rotatable bonds is 3. The molecule has 7 N–H and O–H groups in total. The molecule has 10 nitrogen and oxygen atoms in total. The molecular formula is C29H29NO9. The Balaban J connectivity index is 1.30. The fraction of sp³-hybridized carbons (Fsp3) is 0.414. The van der Waals surface area contributed by atoms with E-state index in [0.717, 1.165) is 21.5 Å². The molecule has 0 radical (unpaired) electrons. The van der Waals surface area contributed by atoms with Gasteiger partial charge in [-0.15, -0.1) is 0 Å². The SMILES string of the molecule is O=C(Oc1c(CO)[nH]c2ccc3cc4ccccc4cc3c12)C1OC2(O)C3(O)CC(O)CC3CCC2(O)C1O. The number of carbonyl (C=O) groups is 1. The standard InChI is InChI=1S/C29H29NO9/c31-13-21-23(22-19-10-15-4-2-1-3-14(15)9-16(19)5-6-20(22)30-21)38-26(34)24-25(33)27(35)8-7-17-11-18(32)12-28(17,36)29(27,37)39-24/h1-6,9-10,17-18,24-25,30-33,35-37H,7-8,11-13H2. The number of H-pyrrole nitrogens is 1. The quantitative estimate of drug-likeness (QED) is 0.151. The van der Waals surface area contributed by atoms with Gasteiger partial charge in [-0.2, -0.15) is 0 Å². The molecule has 7 rings (SSSR count). The Hall–Kier alpha value is -3.09. The molecule has 3 aliphatic rings. The van der Waals surface area contributed by atoms with Gasteiger partial charge in [0, 0.05) is 6.42 Å². The van der Waals surface area contributed by atoms with Crippen LogP contribution in [0.1, 0.15) is 31.4 Å². The molecule has 1 aromatic heterocycles. The molecule has 3 aromatic carbocycles. The predicted molar refractivity (Wildman–Crippen MR) is 139 cm³/mol. The minimum Gasteiger partial charge on any atom is -0.422 e. The summed E-state index contributed by atoms with van der Waals surface area (Å²) in [5.41, 5.74) is -3.60. The lowest BCUT2D eigenvalue weighted by molar-refractivity contribution is -0.367. The highest BCUT2D eigenvalue weighted by atomic mass is 16.7. The molecule has 39 heavy (non-hydrogen) atoms. The van der Waals surface area contributed by atoms with Crippen LogP contribution in [0.25, 0.3) is 32.4 Å². The van der Waals surface area contributed by atoms with Gasteiger partial charge in [0.05, 0.1) is 29.3 Å². The average Bonchev–Trinajstić information content (AvgIpc) is 3.51. The third kappa shape index (κ3) is 3.19. The molecule has 0 bridgehead atoms. The van der Waals surface area contributed by atoms with E-state index in [2.05, 4.69) is 4.98 Å². The van der Waals surface area contributed by atoms with Gasteiger partial charge < -0.3 is 45.1 Å². The first-order chi connectivity index (χ1) is 18.6. The van der Waals surface area contributed by atoms with E-state index in [0.29, 0.717) is 10.9 Å². The molecule has 7 unspecified atom stereocenters. The van der Waals surface area contributed by atoms with Crippen LogP contribution in [0.5, 0.6) is 5.75 Å². The van der Waals surface area contributed by atoms with E-state index in [1.165, 1.54) is 0 Å². The highest BCUT2D eigenvalue weighted by Crippen LogP contribution is 2.59. The summed E-state index contributed by atoms with van der Waals surface area (Å²) in [6.07, 6.45) is -4.70. The van der Waals surface area contributed by atoms with E-state index in [1.54, 1.807) is 0 Å². The van der Waals surface area contributed by atoms with Crippen LogP contribution >= 0.6 is 0 Å². The number of aliphatic hydroxyl groups is 6. The van der Waals surface area contributed by atoms with Crippen LogP contribution in [0, 0.1) is 5.92 Å². The van der Waals surface area contributed by atoms with Crippen molar-refractivity contribution in [1.29, 1.82) is 0 Å². The minimum atomic E-state index is -2.70. The molecule has 1 aliphatic heterocycles. The maximum Gasteiger partial charge on any atom is 0.343 e. The number of esters is 1. The molecule has 2 aliphatic carbocycles. The molecule has 2 saturated carbocycles. The number of nitrogens with one attached hydrogen (secondary N) is 1. The first kappa shape index (κ1) is 24.9. The van der Waals surface area contributed by atoms with Crippen molar-refractivity contribution in [2.24, 2.45) is 5.92 Å². The number of aromatic nitrogens is 1. The van der Waals surface area contributed by atoms with Crippen LogP contribution in [-0.2, 0) is 16.1 Å². The van der Waals surface area contributed by atoms with Crippen molar-refractivity contribution in [2.45, 2.75) is 67.6 Å². The summed E-state index contributed by atoms with van der Waals surface area (Å²) in [5.74, 6) is -4.35. The number of fused-ring (bicyclic) bond motifs is 7. The average molecular weight is 536 g/mol. The maximum atomic E-state index is 13.5. The van der Waals surface area contributed by atoms with Gasteiger partial charge in [0.1, 0.15) is 17.3 Å².